The fourth-order valence-electron chi connectivity index (χ4n) is 3.03. The molecule has 106 valence electrons. The van der Waals surface area contributed by atoms with Gasteiger partial charge in [-0.05, 0) is 45.4 Å². The van der Waals surface area contributed by atoms with Crippen molar-refractivity contribution in [3.05, 3.63) is 29.7 Å². The van der Waals surface area contributed by atoms with Crippen molar-refractivity contribution in [3.63, 3.8) is 0 Å². The minimum Gasteiger partial charge on any atom is -0.298 e. The van der Waals surface area contributed by atoms with Crippen LogP contribution in [-0.4, -0.2) is 38.4 Å². The Hall–Kier alpha value is -1.75. The Bertz CT molecular complexity index is 619. The van der Waals surface area contributed by atoms with Crippen molar-refractivity contribution in [2.75, 3.05) is 6.54 Å². The highest BCUT2D eigenvalue weighted by Crippen LogP contribution is 2.30. The van der Waals surface area contributed by atoms with E-state index in [2.05, 4.69) is 28.8 Å². The summed E-state index contributed by atoms with van der Waals surface area (Å²) in [5, 5.41) is 4.58. The number of carbonyl (C=O) groups is 1. The summed E-state index contributed by atoms with van der Waals surface area (Å²) in [6.45, 7) is 5.52. The molecule has 0 bridgehead atoms. The first-order chi connectivity index (χ1) is 9.70. The Morgan fingerprint density at radius 2 is 2.25 bits per heavy atom. The molecule has 2 aromatic rings. The van der Waals surface area contributed by atoms with E-state index in [9.17, 15) is 4.79 Å². The van der Waals surface area contributed by atoms with Crippen LogP contribution in [0.5, 0.6) is 0 Å². The maximum Gasteiger partial charge on any atom is 0.168 e. The molecule has 5 nitrogen and oxygen atoms in total. The zero-order valence-electron chi connectivity index (χ0n) is 12.0. The molecule has 1 aliphatic heterocycles. The van der Waals surface area contributed by atoms with Gasteiger partial charge >= 0.3 is 0 Å². The lowest BCUT2D eigenvalue weighted by atomic mass is 10.00. The SMILES string of the molecule is CC(C)N1CCCCC1c1nc2c(C=O)cccn2n1. The molecule has 3 heterocycles. The first-order valence-electron chi connectivity index (χ1n) is 7.27. The Labute approximate surface area is 118 Å². The molecular formula is C15H20N4O. The van der Waals surface area contributed by atoms with Crippen LogP contribution in [0, 0.1) is 0 Å². The summed E-state index contributed by atoms with van der Waals surface area (Å²) in [7, 11) is 0. The van der Waals surface area contributed by atoms with Crippen molar-refractivity contribution < 1.29 is 4.79 Å². The van der Waals surface area contributed by atoms with Crippen molar-refractivity contribution in [3.8, 4) is 0 Å². The number of carbonyl (C=O) groups excluding carboxylic acids is 1. The number of nitrogens with zero attached hydrogens (tertiary/aromatic N) is 4. The number of pyridine rings is 1. The number of likely N-dealkylation sites (tertiary alicyclic amines) is 1. The third-order valence-corrected chi connectivity index (χ3v) is 4.04. The third-order valence-electron chi connectivity index (χ3n) is 4.04. The lowest BCUT2D eigenvalue weighted by Gasteiger charge is -2.36. The number of piperidine rings is 1. The first-order valence-corrected chi connectivity index (χ1v) is 7.27. The molecule has 3 rings (SSSR count). The summed E-state index contributed by atoms with van der Waals surface area (Å²) in [6.07, 6.45) is 6.23. The summed E-state index contributed by atoms with van der Waals surface area (Å²) in [4.78, 5) is 18.2. The van der Waals surface area contributed by atoms with Gasteiger partial charge in [-0.15, -0.1) is 5.10 Å². The van der Waals surface area contributed by atoms with Gasteiger partial charge < -0.3 is 0 Å². The Balaban J connectivity index is 2.02. The summed E-state index contributed by atoms with van der Waals surface area (Å²) in [5.41, 5.74) is 1.25. The van der Waals surface area contributed by atoms with E-state index in [1.165, 1.54) is 12.8 Å². The summed E-state index contributed by atoms with van der Waals surface area (Å²) < 4.78 is 1.71. The molecule has 1 fully saturated rings. The van der Waals surface area contributed by atoms with Crippen LogP contribution in [-0.2, 0) is 0 Å². The number of fused-ring (bicyclic) bond motifs is 1. The maximum atomic E-state index is 11.1. The number of aldehydes is 1. The number of rotatable bonds is 3. The minimum absolute atomic E-state index is 0.267. The highest BCUT2D eigenvalue weighted by atomic mass is 16.1. The molecule has 2 aromatic heterocycles. The van der Waals surface area contributed by atoms with E-state index in [0.717, 1.165) is 25.1 Å². The van der Waals surface area contributed by atoms with Crippen LogP contribution < -0.4 is 0 Å². The predicted molar refractivity (Wildman–Crippen MR) is 76.8 cm³/mol. The van der Waals surface area contributed by atoms with E-state index in [4.69, 9.17) is 0 Å². The predicted octanol–water partition coefficient (Wildman–Crippen LogP) is 2.48. The van der Waals surface area contributed by atoms with Gasteiger partial charge in [0.05, 0.1) is 11.6 Å². The van der Waals surface area contributed by atoms with Gasteiger partial charge in [0, 0.05) is 12.2 Å². The average molecular weight is 272 g/mol. The van der Waals surface area contributed by atoms with Crippen LogP contribution in [0.15, 0.2) is 18.3 Å². The number of hydrogen-bond donors (Lipinski definition) is 0. The van der Waals surface area contributed by atoms with E-state index < -0.39 is 0 Å². The number of aromatic nitrogens is 3. The standard InChI is InChI=1S/C15H20N4O/c1-11(2)18-8-4-3-7-13(18)14-16-15-12(10-20)6-5-9-19(15)17-14/h5-6,9-11,13H,3-4,7-8H2,1-2H3. The molecule has 0 aliphatic carbocycles. The smallest absolute Gasteiger partial charge is 0.168 e. The second-order valence-corrected chi connectivity index (χ2v) is 5.66. The van der Waals surface area contributed by atoms with Crippen LogP contribution in [0.4, 0.5) is 0 Å². The summed E-state index contributed by atoms with van der Waals surface area (Å²) in [6, 6.07) is 4.36. The van der Waals surface area contributed by atoms with Gasteiger partial charge in [-0.2, -0.15) is 0 Å². The van der Waals surface area contributed by atoms with Gasteiger partial charge in [-0.3, -0.25) is 9.69 Å². The molecular weight excluding hydrogens is 252 g/mol. The van der Waals surface area contributed by atoms with E-state index in [0.29, 0.717) is 17.3 Å². The highest BCUT2D eigenvalue weighted by molar-refractivity contribution is 5.83. The van der Waals surface area contributed by atoms with Gasteiger partial charge in [0.1, 0.15) is 0 Å². The van der Waals surface area contributed by atoms with E-state index in [1.54, 1.807) is 10.6 Å². The van der Waals surface area contributed by atoms with Crippen molar-refractivity contribution in [1.29, 1.82) is 0 Å². The van der Waals surface area contributed by atoms with Gasteiger partial charge in [-0.25, -0.2) is 9.50 Å². The van der Waals surface area contributed by atoms with Crippen molar-refractivity contribution >= 4 is 11.9 Å². The molecule has 1 atom stereocenters. The average Bonchev–Trinajstić information content (AvgIpc) is 2.90. The number of hydrogen-bond acceptors (Lipinski definition) is 4. The summed E-state index contributed by atoms with van der Waals surface area (Å²) >= 11 is 0. The lowest BCUT2D eigenvalue weighted by Crippen LogP contribution is -2.39. The molecule has 1 unspecified atom stereocenters. The fourth-order valence-corrected chi connectivity index (χ4v) is 3.03. The zero-order valence-corrected chi connectivity index (χ0v) is 12.0. The second kappa shape index (κ2) is 5.32. The van der Waals surface area contributed by atoms with Crippen LogP contribution in [0.25, 0.3) is 5.65 Å². The molecule has 0 saturated carbocycles. The van der Waals surface area contributed by atoms with Crippen molar-refractivity contribution in [2.45, 2.75) is 45.2 Å². The zero-order chi connectivity index (χ0) is 14.1. The summed E-state index contributed by atoms with van der Waals surface area (Å²) in [5.74, 6) is 0.840. The maximum absolute atomic E-state index is 11.1. The second-order valence-electron chi connectivity index (χ2n) is 5.66. The van der Waals surface area contributed by atoms with E-state index in [-0.39, 0.29) is 6.04 Å². The molecule has 0 spiro atoms. The highest BCUT2D eigenvalue weighted by Gasteiger charge is 2.29. The Kier molecular flexibility index (Phi) is 3.53. The van der Waals surface area contributed by atoms with Crippen molar-refractivity contribution in [2.24, 2.45) is 0 Å². The van der Waals surface area contributed by atoms with Crippen LogP contribution in [0.2, 0.25) is 0 Å². The van der Waals surface area contributed by atoms with Gasteiger partial charge in [0.25, 0.3) is 0 Å². The van der Waals surface area contributed by atoms with Crippen LogP contribution in [0.3, 0.4) is 0 Å². The first kappa shape index (κ1) is 13.2. The largest absolute Gasteiger partial charge is 0.298 e. The normalized spacial score (nSPS) is 20.6. The van der Waals surface area contributed by atoms with Crippen molar-refractivity contribution in [1.82, 2.24) is 19.5 Å². The van der Waals surface area contributed by atoms with E-state index in [1.807, 2.05) is 12.3 Å². The van der Waals surface area contributed by atoms with Gasteiger partial charge in [-0.1, -0.05) is 6.42 Å². The van der Waals surface area contributed by atoms with Crippen LogP contribution >= 0.6 is 0 Å². The molecule has 0 aromatic carbocycles. The monoisotopic (exact) mass is 272 g/mol. The molecule has 0 radical (unpaired) electrons. The molecule has 20 heavy (non-hydrogen) atoms. The van der Waals surface area contributed by atoms with Gasteiger partial charge in [0.2, 0.25) is 0 Å². The van der Waals surface area contributed by atoms with E-state index >= 15 is 0 Å². The third kappa shape index (κ3) is 2.22. The fraction of sp³-hybridized carbons (Fsp3) is 0.533. The molecule has 0 N–H and O–H groups in total. The molecule has 0 amide bonds. The molecule has 1 saturated heterocycles. The molecule has 5 heteroatoms. The van der Waals surface area contributed by atoms with Crippen LogP contribution in [0.1, 0.15) is 55.3 Å². The topological polar surface area (TPSA) is 50.5 Å². The molecule has 1 aliphatic rings. The minimum atomic E-state index is 0.267. The quantitative estimate of drug-likeness (QED) is 0.805. The Morgan fingerprint density at radius 3 is 3.00 bits per heavy atom. The van der Waals surface area contributed by atoms with Gasteiger partial charge in [0.15, 0.2) is 17.8 Å². The Morgan fingerprint density at radius 1 is 1.40 bits per heavy atom. The lowest BCUT2D eigenvalue weighted by molar-refractivity contribution is 0.106.